The molecule has 1 amide bonds. The Kier molecular flexibility index (Phi) is 5.28. The average molecular weight is 153 g/mol. The molecule has 0 aliphatic rings. The summed E-state index contributed by atoms with van der Waals surface area (Å²) in [7, 11) is 0. The SMILES string of the molecule is C#CCC(=O)NCCC(C)C. The van der Waals surface area contributed by atoms with Crippen LogP contribution in [0.1, 0.15) is 26.7 Å². The topological polar surface area (TPSA) is 29.1 Å². The molecule has 1 N–H and O–H groups in total. The Morgan fingerprint density at radius 2 is 2.27 bits per heavy atom. The lowest BCUT2D eigenvalue weighted by Crippen LogP contribution is -2.24. The number of nitrogens with one attached hydrogen (secondary N) is 1. The standard InChI is InChI=1S/C9H15NO/c1-4-5-9(11)10-7-6-8(2)3/h1,8H,5-7H2,2-3H3,(H,10,11). The fraction of sp³-hybridized carbons (Fsp3) is 0.667. The third kappa shape index (κ3) is 6.92. The number of carbonyl (C=O) groups is 1. The van der Waals surface area contributed by atoms with Gasteiger partial charge in [0.25, 0.3) is 0 Å². The highest BCUT2D eigenvalue weighted by Gasteiger charge is 1.97. The van der Waals surface area contributed by atoms with E-state index in [9.17, 15) is 4.79 Å². The quantitative estimate of drug-likeness (QED) is 0.603. The van der Waals surface area contributed by atoms with Gasteiger partial charge in [0.15, 0.2) is 0 Å². The van der Waals surface area contributed by atoms with Crippen molar-refractivity contribution in [1.29, 1.82) is 0 Å². The van der Waals surface area contributed by atoms with Gasteiger partial charge in [-0.1, -0.05) is 19.8 Å². The van der Waals surface area contributed by atoms with Crippen molar-refractivity contribution in [3.8, 4) is 12.3 Å². The minimum atomic E-state index is -0.0480. The van der Waals surface area contributed by atoms with Crippen LogP contribution < -0.4 is 5.32 Å². The molecule has 62 valence electrons. The molecule has 11 heavy (non-hydrogen) atoms. The number of rotatable bonds is 4. The van der Waals surface area contributed by atoms with Crippen molar-refractivity contribution in [2.75, 3.05) is 6.54 Å². The summed E-state index contributed by atoms with van der Waals surface area (Å²) in [6.07, 6.45) is 6.15. The predicted molar refractivity (Wildman–Crippen MR) is 45.9 cm³/mol. The molecular formula is C9H15NO. The van der Waals surface area contributed by atoms with Crippen molar-refractivity contribution < 1.29 is 4.79 Å². The lowest BCUT2D eigenvalue weighted by Gasteiger charge is -2.04. The molecule has 0 saturated carbocycles. The second-order valence-electron chi connectivity index (χ2n) is 2.91. The van der Waals surface area contributed by atoms with Gasteiger partial charge in [-0.2, -0.15) is 0 Å². The second kappa shape index (κ2) is 5.79. The molecule has 0 radical (unpaired) electrons. The molecule has 0 saturated heterocycles. The summed E-state index contributed by atoms with van der Waals surface area (Å²) < 4.78 is 0. The lowest BCUT2D eigenvalue weighted by molar-refractivity contribution is -0.120. The second-order valence-corrected chi connectivity index (χ2v) is 2.91. The van der Waals surface area contributed by atoms with Crippen LogP contribution >= 0.6 is 0 Å². The summed E-state index contributed by atoms with van der Waals surface area (Å²) in [6, 6.07) is 0. The van der Waals surface area contributed by atoms with Crippen molar-refractivity contribution in [2.45, 2.75) is 26.7 Å². The summed E-state index contributed by atoms with van der Waals surface area (Å²) in [5.41, 5.74) is 0. The zero-order valence-corrected chi connectivity index (χ0v) is 7.18. The summed E-state index contributed by atoms with van der Waals surface area (Å²) in [6.45, 7) is 4.97. The lowest BCUT2D eigenvalue weighted by atomic mass is 10.1. The highest BCUT2D eigenvalue weighted by molar-refractivity contribution is 5.78. The first kappa shape index (κ1) is 10.0. The van der Waals surface area contributed by atoms with Gasteiger partial charge in [-0.15, -0.1) is 6.42 Å². The Labute approximate surface area is 68.4 Å². The van der Waals surface area contributed by atoms with E-state index in [4.69, 9.17) is 6.42 Å². The van der Waals surface area contributed by atoms with Gasteiger partial charge in [0.05, 0.1) is 6.42 Å². The van der Waals surface area contributed by atoms with Gasteiger partial charge >= 0.3 is 0 Å². The molecule has 2 heteroatoms. The van der Waals surface area contributed by atoms with Crippen LogP contribution in [0.25, 0.3) is 0 Å². The Bertz CT molecular complexity index is 155. The number of hydrogen-bond donors (Lipinski definition) is 1. The van der Waals surface area contributed by atoms with Crippen molar-refractivity contribution in [2.24, 2.45) is 5.92 Å². The maximum absolute atomic E-state index is 10.8. The van der Waals surface area contributed by atoms with Crippen LogP contribution in [0.3, 0.4) is 0 Å². The van der Waals surface area contributed by atoms with Crippen LogP contribution in [-0.2, 0) is 4.79 Å². The summed E-state index contributed by atoms with van der Waals surface area (Å²) >= 11 is 0. The molecule has 2 nitrogen and oxygen atoms in total. The van der Waals surface area contributed by atoms with Crippen molar-refractivity contribution >= 4 is 5.91 Å². The average Bonchev–Trinajstić information content (AvgIpc) is 1.87. The Morgan fingerprint density at radius 1 is 1.64 bits per heavy atom. The van der Waals surface area contributed by atoms with Crippen LogP contribution in [0.4, 0.5) is 0 Å². The maximum Gasteiger partial charge on any atom is 0.232 e. The van der Waals surface area contributed by atoms with E-state index in [2.05, 4.69) is 25.1 Å². The van der Waals surface area contributed by atoms with E-state index in [0.717, 1.165) is 13.0 Å². The summed E-state index contributed by atoms with van der Waals surface area (Å²) in [4.78, 5) is 10.8. The van der Waals surface area contributed by atoms with Crippen LogP contribution in [0, 0.1) is 18.3 Å². The molecule has 0 fully saturated rings. The van der Waals surface area contributed by atoms with Crippen molar-refractivity contribution in [3.05, 3.63) is 0 Å². The van der Waals surface area contributed by atoms with Gasteiger partial charge in [-0.3, -0.25) is 4.79 Å². The number of hydrogen-bond acceptors (Lipinski definition) is 1. The normalized spacial score (nSPS) is 9.27. The van der Waals surface area contributed by atoms with E-state index in [-0.39, 0.29) is 12.3 Å². The molecule has 0 atom stereocenters. The van der Waals surface area contributed by atoms with Gasteiger partial charge in [0.2, 0.25) is 5.91 Å². The molecular weight excluding hydrogens is 138 g/mol. The summed E-state index contributed by atoms with van der Waals surface area (Å²) in [5.74, 6) is 2.87. The van der Waals surface area contributed by atoms with E-state index in [1.807, 2.05) is 0 Å². The number of amides is 1. The highest BCUT2D eigenvalue weighted by atomic mass is 16.1. The van der Waals surface area contributed by atoms with Crippen LogP contribution in [0.5, 0.6) is 0 Å². The van der Waals surface area contributed by atoms with Gasteiger partial charge in [0, 0.05) is 6.54 Å². The number of terminal acetylenes is 1. The van der Waals surface area contributed by atoms with Crippen molar-refractivity contribution in [3.63, 3.8) is 0 Å². The molecule has 0 aromatic carbocycles. The Balaban J connectivity index is 3.26. The van der Waals surface area contributed by atoms with Gasteiger partial charge in [0.1, 0.15) is 0 Å². The molecule has 0 aliphatic carbocycles. The van der Waals surface area contributed by atoms with Crippen LogP contribution in [0.2, 0.25) is 0 Å². The fourth-order valence-electron chi connectivity index (χ4n) is 0.655. The molecule has 0 aliphatic heterocycles. The van der Waals surface area contributed by atoms with E-state index >= 15 is 0 Å². The predicted octanol–water partition coefficient (Wildman–Crippen LogP) is 1.17. The summed E-state index contributed by atoms with van der Waals surface area (Å²) in [5, 5.41) is 2.73. The van der Waals surface area contributed by atoms with Crippen molar-refractivity contribution in [1.82, 2.24) is 5.32 Å². The Morgan fingerprint density at radius 3 is 2.73 bits per heavy atom. The zero-order valence-electron chi connectivity index (χ0n) is 7.18. The largest absolute Gasteiger partial charge is 0.355 e. The van der Waals surface area contributed by atoms with Crippen LogP contribution in [0.15, 0.2) is 0 Å². The third-order valence-corrected chi connectivity index (χ3v) is 1.31. The van der Waals surface area contributed by atoms with Gasteiger partial charge < -0.3 is 5.32 Å². The maximum atomic E-state index is 10.8. The van der Waals surface area contributed by atoms with Gasteiger partial charge in [-0.05, 0) is 12.3 Å². The smallest absolute Gasteiger partial charge is 0.232 e. The molecule has 0 bridgehead atoms. The highest BCUT2D eigenvalue weighted by Crippen LogP contribution is 1.96. The minimum Gasteiger partial charge on any atom is -0.355 e. The first-order chi connectivity index (χ1) is 5.16. The monoisotopic (exact) mass is 153 g/mol. The number of carbonyl (C=O) groups excluding carboxylic acids is 1. The third-order valence-electron chi connectivity index (χ3n) is 1.31. The molecule has 0 spiro atoms. The van der Waals surface area contributed by atoms with E-state index < -0.39 is 0 Å². The molecule has 0 aromatic rings. The Hall–Kier alpha value is -0.970. The zero-order chi connectivity index (χ0) is 8.69. The van der Waals surface area contributed by atoms with E-state index in [0.29, 0.717) is 5.92 Å². The van der Waals surface area contributed by atoms with E-state index in [1.54, 1.807) is 0 Å². The minimum absolute atomic E-state index is 0.0480. The molecule has 0 rings (SSSR count). The first-order valence-electron chi connectivity index (χ1n) is 3.87. The molecule has 0 unspecified atom stereocenters. The molecule has 0 aromatic heterocycles. The van der Waals surface area contributed by atoms with Crippen LogP contribution in [-0.4, -0.2) is 12.5 Å². The molecule has 0 heterocycles. The fourth-order valence-corrected chi connectivity index (χ4v) is 0.655. The first-order valence-corrected chi connectivity index (χ1v) is 3.87. The van der Waals surface area contributed by atoms with Gasteiger partial charge in [-0.25, -0.2) is 0 Å². The van der Waals surface area contributed by atoms with E-state index in [1.165, 1.54) is 0 Å².